The minimum atomic E-state index is -0.114. The zero-order valence-corrected chi connectivity index (χ0v) is 20.6. The molecule has 1 fully saturated rings. The van der Waals surface area contributed by atoms with Crippen molar-refractivity contribution < 1.29 is 4.79 Å². The van der Waals surface area contributed by atoms with Gasteiger partial charge in [0.25, 0.3) is 5.91 Å². The Balaban J connectivity index is 1.52. The Kier molecular flexibility index (Phi) is 5.92. The van der Waals surface area contributed by atoms with Gasteiger partial charge in [-0.05, 0) is 50.3 Å². The summed E-state index contributed by atoms with van der Waals surface area (Å²) in [6.45, 7) is 2.56. The molecule has 1 amide bonds. The maximum absolute atomic E-state index is 13.7. The molecule has 4 aromatic rings. The lowest BCUT2D eigenvalue weighted by Gasteiger charge is -2.23. The van der Waals surface area contributed by atoms with E-state index in [1.165, 1.54) is 16.2 Å². The number of aromatic amines is 1. The lowest BCUT2D eigenvalue weighted by Crippen LogP contribution is -2.31. The largest absolute Gasteiger partial charge is 0.340 e. The number of hydrogen-bond acceptors (Lipinski definition) is 5. The van der Waals surface area contributed by atoms with Crippen LogP contribution in [0.5, 0.6) is 0 Å². The Labute approximate surface area is 204 Å². The lowest BCUT2D eigenvalue weighted by molar-refractivity contribution is 0.0726. The number of benzene rings is 2. The maximum atomic E-state index is 13.7. The van der Waals surface area contributed by atoms with E-state index in [4.69, 9.17) is 28.2 Å². The summed E-state index contributed by atoms with van der Waals surface area (Å²) in [6, 6.07) is 11.5. The van der Waals surface area contributed by atoms with Gasteiger partial charge in [0, 0.05) is 17.0 Å². The van der Waals surface area contributed by atoms with Crippen LogP contribution in [0.2, 0.25) is 10.0 Å². The normalized spacial score (nSPS) is 16.2. The second-order valence-corrected chi connectivity index (χ2v) is 10.5. The van der Waals surface area contributed by atoms with Crippen molar-refractivity contribution in [3.05, 3.63) is 63.0 Å². The first-order chi connectivity index (χ1) is 15.5. The summed E-state index contributed by atoms with van der Waals surface area (Å²) in [5.41, 5.74) is 3.05. The molecule has 0 aliphatic carbocycles. The average molecular weight is 503 g/mol. The summed E-state index contributed by atoms with van der Waals surface area (Å²) in [4.78, 5) is 30.3. The fraction of sp³-hybridized carbons (Fsp3) is 0.261. The number of carbonyl (C=O) groups excluding carboxylic acids is 1. The van der Waals surface area contributed by atoms with Crippen molar-refractivity contribution in [2.75, 3.05) is 12.8 Å². The molecular weight excluding hydrogens is 483 g/mol. The molecule has 3 heterocycles. The smallest absolute Gasteiger partial charge is 0.274 e. The van der Waals surface area contributed by atoms with Crippen LogP contribution in [-0.2, 0) is 0 Å². The minimum absolute atomic E-state index is 0.104. The highest BCUT2D eigenvalue weighted by Crippen LogP contribution is 2.40. The highest BCUT2D eigenvalue weighted by Gasteiger charge is 2.35. The molecule has 164 valence electrons. The zero-order valence-electron chi connectivity index (χ0n) is 17.5. The minimum Gasteiger partial charge on any atom is -0.340 e. The van der Waals surface area contributed by atoms with Crippen molar-refractivity contribution in [3.63, 3.8) is 0 Å². The Hall–Kier alpha value is -2.06. The number of H-pyrrole nitrogens is 1. The molecule has 0 unspecified atom stereocenters. The van der Waals surface area contributed by atoms with Crippen LogP contribution in [0.25, 0.3) is 21.5 Å². The summed E-state index contributed by atoms with van der Waals surface area (Å²) in [5.74, 6) is 0.714. The summed E-state index contributed by atoms with van der Waals surface area (Å²) in [7, 11) is 0. The quantitative estimate of drug-likeness (QED) is 0.305. The first-order valence-corrected chi connectivity index (χ1v) is 13.0. The molecule has 32 heavy (non-hydrogen) atoms. The second kappa shape index (κ2) is 8.71. The summed E-state index contributed by atoms with van der Waals surface area (Å²) < 4.78 is 0. The molecule has 0 saturated carbocycles. The topological polar surface area (TPSA) is 61.9 Å². The molecule has 2 aromatic heterocycles. The van der Waals surface area contributed by atoms with Crippen LogP contribution in [0.4, 0.5) is 0 Å². The number of carbonyl (C=O) groups is 1. The molecule has 5 rings (SSSR count). The number of aromatic nitrogens is 3. The van der Waals surface area contributed by atoms with Gasteiger partial charge in [-0.25, -0.2) is 9.97 Å². The van der Waals surface area contributed by atoms with Gasteiger partial charge in [0.15, 0.2) is 0 Å². The number of nitrogens with zero attached hydrogens (tertiary/aromatic N) is 3. The van der Waals surface area contributed by atoms with Crippen LogP contribution in [0, 0.1) is 6.92 Å². The van der Waals surface area contributed by atoms with Gasteiger partial charge in [-0.2, -0.15) is 0 Å². The molecule has 0 bridgehead atoms. The van der Waals surface area contributed by atoms with Crippen LogP contribution in [0.3, 0.4) is 0 Å². The molecule has 1 atom stereocenters. The average Bonchev–Trinajstić information content (AvgIpc) is 3.52. The van der Waals surface area contributed by atoms with E-state index < -0.39 is 0 Å². The molecule has 1 N–H and O–H groups in total. The molecule has 1 saturated heterocycles. The molecule has 5 nitrogen and oxygen atoms in total. The molecular formula is C23H20Cl2N4OS2. The van der Waals surface area contributed by atoms with Gasteiger partial charge in [0.2, 0.25) is 0 Å². The Morgan fingerprint density at radius 3 is 2.91 bits per heavy atom. The highest BCUT2D eigenvalue weighted by molar-refractivity contribution is 7.98. The van der Waals surface area contributed by atoms with Crippen LogP contribution in [0.15, 0.2) is 41.3 Å². The van der Waals surface area contributed by atoms with Crippen molar-refractivity contribution in [2.24, 2.45) is 0 Å². The summed E-state index contributed by atoms with van der Waals surface area (Å²) >= 11 is 15.9. The van der Waals surface area contributed by atoms with Gasteiger partial charge in [0.1, 0.15) is 11.5 Å². The molecule has 2 aromatic carbocycles. The van der Waals surface area contributed by atoms with Gasteiger partial charge in [-0.1, -0.05) is 35.3 Å². The molecule has 1 aliphatic rings. The molecule has 9 heteroatoms. The van der Waals surface area contributed by atoms with Gasteiger partial charge in [-0.15, -0.1) is 23.1 Å². The van der Waals surface area contributed by atoms with E-state index in [-0.39, 0.29) is 11.9 Å². The van der Waals surface area contributed by atoms with E-state index in [0.29, 0.717) is 22.3 Å². The molecule has 0 spiro atoms. The number of halogens is 2. The van der Waals surface area contributed by atoms with Crippen LogP contribution in [-0.4, -0.2) is 38.6 Å². The summed E-state index contributed by atoms with van der Waals surface area (Å²) in [6.07, 6.45) is 3.83. The Bertz CT molecular complexity index is 1330. The van der Waals surface area contributed by atoms with Gasteiger partial charge in [-0.3, -0.25) is 4.79 Å². The molecule has 1 aliphatic heterocycles. The van der Waals surface area contributed by atoms with Crippen molar-refractivity contribution >= 4 is 63.2 Å². The number of rotatable bonds is 4. The number of likely N-dealkylation sites (tertiary alicyclic amines) is 1. The van der Waals surface area contributed by atoms with E-state index in [1.54, 1.807) is 17.8 Å². The van der Waals surface area contributed by atoms with E-state index in [1.807, 2.05) is 30.0 Å². The second-order valence-electron chi connectivity index (χ2n) is 7.67. The zero-order chi connectivity index (χ0) is 22.4. The SMILES string of the molecule is CSc1ccc2nc([C@@H]3CCCN3C(=O)c3nc(C)sc3-c3cccc(Cl)c3Cl)[nH]c2c1. The van der Waals surface area contributed by atoms with Crippen LogP contribution >= 0.6 is 46.3 Å². The van der Waals surface area contributed by atoms with E-state index in [2.05, 4.69) is 28.4 Å². The third-order valence-electron chi connectivity index (χ3n) is 5.67. The highest BCUT2D eigenvalue weighted by atomic mass is 35.5. The predicted molar refractivity (Wildman–Crippen MR) is 133 cm³/mol. The monoisotopic (exact) mass is 502 g/mol. The van der Waals surface area contributed by atoms with E-state index >= 15 is 0 Å². The number of hydrogen-bond donors (Lipinski definition) is 1. The van der Waals surface area contributed by atoms with Gasteiger partial charge < -0.3 is 9.88 Å². The number of fused-ring (bicyclic) bond motifs is 1. The number of thioether (sulfide) groups is 1. The lowest BCUT2D eigenvalue weighted by atomic mass is 10.1. The standard InChI is InChI=1S/C23H20Cl2N4OS2/c1-12-26-20(21(32-12)14-5-3-6-15(24)19(14)25)23(30)29-10-4-7-18(29)22-27-16-9-8-13(31-2)11-17(16)28-22/h3,5-6,8-9,11,18H,4,7,10H2,1-2H3,(H,27,28)/t18-/m0/s1. The number of imidazole rings is 1. The molecule has 0 radical (unpaired) electrons. The van der Waals surface area contributed by atoms with Crippen molar-refractivity contribution in [1.82, 2.24) is 19.9 Å². The van der Waals surface area contributed by atoms with Gasteiger partial charge in [0.05, 0.1) is 37.0 Å². The Morgan fingerprint density at radius 2 is 2.09 bits per heavy atom. The fourth-order valence-electron chi connectivity index (χ4n) is 4.16. The Morgan fingerprint density at radius 1 is 1.25 bits per heavy atom. The van der Waals surface area contributed by atoms with Crippen molar-refractivity contribution in [3.8, 4) is 10.4 Å². The number of nitrogens with one attached hydrogen (secondary N) is 1. The number of amides is 1. The van der Waals surface area contributed by atoms with Crippen LogP contribution in [0.1, 0.15) is 40.2 Å². The van der Waals surface area contributed by atoms with Gasteiger partial charge >= 0.3 is 0 Å². The number of aryl methyl sites for hydroxylation is 1. The third-order valence-corrected chi connectivity index (χ3v) is 8.22. The number of thiazole rings is 1. The van der Waals surface area contributed by atoms with Crippen LogP contribution < -0.4 is 0 Å². The predicted octanol–water partition coefficient (Wildman–Crippen LogP) is 7.00. The third kappa shape index (κ3) is 3.81. The first kappa shape index (κ1) is 21.8. The van der Waals surface area contributed by atoms with E-state index in [9.17, 15) is 4.79 Å². The fourth-order valence-corrected chi connectivity index (χ4v) is 5.99. The summed E-state index contributed by atoms with van der Waals surface area (Å²) in [5, 5.41) is 1.70. The van der Waals surface area contributed by atoms with Crippen molar-refractivity contribution in [2.45, 2.75) is 30.7 Å². The first-order valence-electron chi connectivity index (χ1n) is 10.2. The van der Waals surface area contributed by atoms with Crippen molar-refractivity contribution in [1.29, 1.82) is 0 Å². The van der Waals surface area contributed by atoms with E-state index in [0.717, 1.165) is 45.1 Å². The maximum Gasteiger partial charge on any atom is 0.274 e.